The Bertz CT molecular complexity index is 3590. The Morgan fingerprint density at radius 3 is 1.44 bits per heavy atom. The number of aliphatic carboxylic acids is 1. The van der Waals surface area contributed by atoms with Crippen molar-refractivity contribution >= 4 is 115 Å². The predicted octanol–water partition coefficient (Wildman–Crippen LogP) is -5.64. The van der Waals surface area contributed by atoms with Gasteiger partial charge in [0.2, 0.25) is 76.8 Å². The summed E-state index contributed by atoms with van der Waals surface area (Å²) in [7, 11) is 1.52. The lowest BCUT2D eigenvalue weighted by Crippen LogP contribution is -2.63. The third kappa shape index (κ3) is 27.8. The number of rotatable bonds is 24. The topological polar surface area (TPSA) is 584 Å². The molecule has 14 atom stereocenters. The van der Waals surface area contributed by atoms with Gasteiger partial charge in [-0.1, -0.05) is 100 Å². The summed E-state index contributed by atoms with van der Waals surface area (Å²) < 4.78 is 0. The number of fused-ring (bicyclic) bond motifs is 1. The number of aromatic amines is 1. The van der Waals surface area contributed by atoms with E-state index in [2.05, 4.69) is 68.8 Å². The molecular weight excluding hydrogens is 1390 g/mol. The van der Waals surface area contributed by atoms with Crippen LogP contribution < -0.4 is 86.7 Å². The van der Waals surface area contributed by atoms with Crippen molar-refractivity contribution in [2.45, 2.75) is 170 Å². The minimum atomic E-state index is -1.96. The summed E-state index contributed by atoms with van der Waals surface area (Å²) in [6.07, 6.45) is -3.08. The molecule has 5 rings (SSSR count). The molecule has 0 spiro atoms. The maximum absolute atomic E-state index is 15.1. The van der Waals surface area contributed by atoms with Gasteiger partial charge in [0.15, 0.2) is 0 Å². The van der Waals surface area contributed by atoms with Gasteiger partial charge in [-0.3, -0.25) is 62.3 Å². The lowest BCUT2D eigenvalue weighted by molar-refractivity contribution is -0.142. The summed E-state index contributed by atoms with van der Waals surface area (Å²) in [6, 6.07) is 3.03. The van der Waals surface area contributed by atoms with E-state index in [1.165, 1.54) is 6.92 Å². The highest BCUT2D eigenvalue weighted by molar-refractivity contribution is 8.76. The number of carbonyl (C=O) groups is 14. The SMILES string of the molecule is C[C@H](N)C(=O)NCC(=O)N[C@H]1CSSC[C@@H](C(=O)O)NC(=O)[C@H](CO)NC(=O)[C@H]([C@@H](C)O)NC(=O)[C@H](Cc2ccccc2)NC(=O)[C@H]([C@@H](C)O)NC(=O)[C@H](CCCCN)NC(=O)[C@H](Cc2c[nH]c3ccccc23)NC(=O)[C@H](Cc2ccccc2)NC(=O)[C@H](CC(N)=O)NC(=O)[C@H](CCCCN)NC1=O. The maximum atomic E-state index is 15.1. The van der Waals surface area contributed by atoms with E-state index in [-0.39, 0.29) is 58.0 Å². The fourth-order valence-electron chi connectivity index (χ4n) is 10.6. The summed E-state index contributed by atoms with van der Waals surface area (Å²) in [6.45, 7) is 1.94. The smallest absolute Gasteiger partial charge is 0.327 e. The first-order chi connectivity index (χ1) is 49.5. The number of para-hydroxylation sites is 1. The van der Waals surface area contributed by atoms with Gasteiger partial charge < -0.3 is 112 Å². The van der Waals surface area contributed by atoms with Gasteiger partial charge in [-0.25, -0.2) is 4.79 Å². The lowest BCUT2D eigenvalue weighted by atomic mass is 10.0. The molecule has 1 fully saturated rings. The Balaban J connectivity index is 1.64. The minimum Gasteiger partial charge on any atom is -0.480 e. The molecule has 13 amide bonds. The average molecular weight is 1490 g/mol. The summed E-state index contributed by atoms with van der Waals surface area (Å²) in [5, 5.41) is 72.8. The number of nitrogens with two attached hydrogens (primary N) is 4. The van der Waals surface area contributed by atoms with Crippen molar-refractivity contribution < 1.29 is 87.5 Å². The normalized spacial score (nSPS) is 24.0. The Kier molecular flexibility index (Phi) is 35.4. The van der Waals surface area contributed by atoms with Gasteiger partial charge in [-0.15, -0.1) is 0 Å². The highest BCUT2D eigenvalue weighted by Gasteiger charge is 2.39. The van der Waals surface area contributed by atoms with E-state index in [1.807, 2.05) is 0 Å². The number of carbonyl (C=O) groups excluding carboxylic acids is 13. The Morgan fingerprint density at radius 2 is 0.942 bits per heavy atom. The van der Waals surface area contributed by atoms with Crippen molar-refractivity contribution in [2.75, 3.05) is 37.7 Å². The zero-order valence-corrected chi connectivity index (χ0v) is 59.3. The van der Waals surface area contributed by atoms with E-state index >= 15 is 9.59 Å². The van der Waals surface area contributed by atoms with E-state index in [1.54, 1.807) is 91.1 Å². The third-order valence-corrected chi connectivity index (χ3v) is 18.8. The van der Waals surface area contributed by atoms with Crippen molar-refractivity contribution in [2.24, 2.45) is 22.9 Å². The molecule has 0 bridgehead atoms. The first kappa shape index (κ1) is 84.9. The molecule has 1 aliphatic rings. The van der Waals surface area contributed by atoms with Crippen LogP contribution >= 0.6 is 21.6 Å². The number of amides is 13. The molecule has 37 heteroatoms. The van der Waals surface area contributed by atoms with Crippen LogP contribution in [0, 0.1) is 0 Å². The second kappa shape index (κ2) is 43.4. The number of unbranched alkanes of at least 4 members (excludes halogenated alkanes) is 2. The molecule has 0 aliphatic carbocycles. The number of aliphatic hydroxyl groups excluding tert-OH is 3. The van der Waals surface area contributed by atoms with Crippen molar-refractivity contribution in [3.63, 3.8) is 0 Å². The largest absolute Gasteiger partial charge is 0.480 e. The minimum absolute atomic E-state index is 0.117. The summed E-state index contributed by atoms with van der Waals surface area (Å²) >= 11 is 0. The Hall–Kier alpha value is -9.76. The Morgan fingerprint density at radius 1 is 0.519 bits per heavy atom. The van der Waals surface area contributed by atoms with Gasteiger partial charge in [-0.05, 0) is 95.1 Å². The zero-order chi connectivity index (χ0) is 76.6. The van der Waals surface area contributed by atoms with Crippen LogP contribution in [0.2, 0.25) is 0 Å². The number of primary amides is 1. The van der Waals surface area contributed by atoms with Crippen LogP contribution in [-0.2, 0) is 86.4 Å². The van der Waals surface area contributed by atoms with Gasteiger partial charge in [-0.2, -0.15) is 0 Å². The first-order valence-electron chi connectivity index (χ1n) is 33.7. The van der Waals surface area contributed by atoms with Gasteiger partial charge >= 0.3 is 5.97 Å². The zero-order valence-electron chi connectivity index (χ0n) is 57.7. The molecular formula is C67H95N17O18S2. The standard InChI is InChI=1S/C67H95N17O18S2/c1-35(70)56(90)73-31-53(89)74-50-33-103-104-34-51(67(101)102)82-63(97)49(32-85)81-66(100)55(37(3)87)84-62(96)46(27-39-18-8-5-9-19-39)80-65(99)54(36(2)86)83-58(92)44(23-13-15-25-69)75-60(94)47(28-40-30-72-42-21-11-10-20-41(40)42)78-59(93)45(26-38-16-6-4-7-17-38)77-61(95)48(29-52(71)88)79-57(91)43(76-64(50)98)22-12-14-24-68/h4-11,16-21,30,35-37,43-51,54-55,72,85-87H,12-15,22-29,31-34,68-70H2,1-3H3,(H2,71,88)(H,73,90)(H,74,89)(H,75,94)(H,76,98)(H,77,95)(H,78,93)(H,79,91)(H,80,99)(H,81,100)(H,82,97)(H,83,92)(H,84,96)(H,101,102)/t35-,36+,37+,43-,44-,45-,46-,47-,48-,49-,50-,51-,54-,55-/m0/s1. The number of benzene rings is 3. The third-order valence-electron chi connectivity index (χ3n) is 16.4. The monoisotopic (exact) mass is 1490 g/mol. The van der Waals surface area contributed by atoms with Gasteiger partial charge in [0.05, 0.1) is 37.8 Å². The first-order valence-corrected chi connectivity index (χ1v) is 36.1. The highest BCUT2D eigenvalue weighted by atomic mass is 33.1. The molecule has 0 radical (unpaired) electrons. The predicted molar refractivity (Wildman–Crippen MR) is 383 cm³/mol. The number of hydrogen-bond donors (Lipinski definition) is 21. The molecule has 0 saturated carbocycles. The molecule has 1 aromatic heterocycles. The lowest BCUT2D eigenvalue weighted by Gasteiger charge is -2.29. The summed E-state index contributed by atoms with van der Waals surface area (Å²) in [4.78, 5) is 200. The molecule has 0 unspecified atom stereocenters. The summed E-state index contributed by atoms with van der Waals surface area (Å²) in [5.41, 5.74) is 25.0. The molecule has 1 aliphatic heterocycles. The van der Waals surface area contributed by atoms with Crippen LogP contribution in [0.4, 0.5) is 0 Å². The molecule has 4 aromatic rings. The number of nitrogens with one attached hydrogen (secondary N) is 13. The maximum Gasteiger partial charge on any atom is 0.327 e. The average Bonchev–Trinajstić information content (AvgIpc) is 1.56. The van der Waals surface area contributed by atoms with E-state index in [0.29, 0.717) is 40.4 Å². The van der Waals surface area contributed by atoms with Crippen molar-refractivity contribution in [3.8, 4) is 0 Å². The summed E-state index contributed by atoms with van der Waals surface area (Å²) in [5.74, 6) is -16.6. The molecule has 35 nitrogen and oxygen atoms in total. The van der Waals surface area contributed by atoms with Crippen LogP contribution in [-0.4, -0.2) is 231 Å². The van der Waals surface area contributed by atoms with E-state index < -0.39 is 199 Å². The van der Waals surface area contributed by atoms with Gasteiger partial charge in [0, 0.05) is 47.9 Å². The fourth-order valence-corrected chi connectivity index (χ4v) is 12.9. The fraction of sp³-hybridized carbons (Fsp3) is 0.493. The van der Waals surface area contributed by atoms with Crippen LogP contribution in [0.25, 0.3) is 10.9 Å². The van der Waals surface area contributed by atoms with Crippen molar-refractivity contribution in [1.29, 1.82) is 0 Å². The molecule has 3 aromatic carbocycles. The number of hydrogen-bond acceptors (Lipinski definition) is 22. The van der Waals surface area contributed by atoms with Crippen LogP contribution in [0.5, 0.6) is 0 Å². The Labute approximate surface area is 607 Å². The van der Waals surface area contributed by atoms with Crippen LogP contribution in [0.1, 0.15) is 82.4 Å². The number of aliphatic hydroxyl groups is 3. The van der Waals surface area contributed by atoms with E-state index in [9.17, 15) is 78.0 Å². The molecule has 568 valence electrons. The van der Waals surface area contributed by atoms with E-state index in [0.717, 1.165) is 35.4 Å². The molecule has 1 saturated heterocycles. The second-order valence-corrected chi connectivity index (χ2v) is 27.4. The molecule has 25 N–H and O–H groups in total. The van der Waals surface area contributed by atoms with Crippen LogP contribution in [0.15, 0.2) is 91.1 Å². The molecule has 2 heterocycles. The van der Waals surface area contributed by atoms with Crippen molar-refractivity contribution in [3.05, 3.63) is 108 Å². The number of carboxylic acid groups (broad SMARTS) is 1. The quantitative estimate of drug-likeness (QED) is 0.0230. The number of H-pyrrole nitrogens is 1. The molecule has 104 heavy (non-hydrogen) atoms. The van der Waals surface area contributed by atoms with Gasteiger partial charge in [0.1, 0.15) is 66.5 Å². The van der Waals surface area contributed by atoms with Crippen LogP contribution in [0.3, 0.4) is 0 Å². The highest BCUT2D eigenvalue weighted by Crippen LogP contribution is 2.24. The number of carboxylic acids is 1. The van der Waals surface area contributed by atoms with Crippen molar-refractivity contribution in [1.82, 2.24) is 68.8 Å². The van der Waals surface area contributed by atoms with Gasteiger partial charge in [0.25, 0.3) is 0 Å². The van der Waals surface area contributed by atoms with E-state index in [4.69, 9.17) is 22.9 Å². The number of aromatic nitrogens is 1. The second-order valence-electron chi connectivity index (χ2n) is 24.8.